The Labute approximate surface area is 138 Å². The van der Waals surface area contributed by atoms with E-state index in [0.717, 1.165) is 18.8 Å². The van der Waals surface area contributed by atoms with E-state index in [4.69, 9.17) is 15.6 Å². The largest absolute Gasteiger partial charge is 0.474 e. The SMILES string of the molecule is CC1=COC(C(C)O)N1C.CCN.CCNc1ccccc1F. The molecule has 0 saturated heterocycles. The summed E-state index contributed by atoms with van der Waals surface area (Å²) >= 11 is 0. The number of hydrogen-bond acceptors (Lipinski definition) is 5. The van der Waals surface area contributed by atoms with Crippen LogP contribution < -0.4 is 11.1 Å². The third kappa shape index (κ3) is 7.85. The molecule has 2 rings (SSSR count). The molecule has 0 aliphatic carbocycles. The molecule has 2 atom stereocenters. The lowest BCUT2D eigenvalue weighted by Gasteiger charge is -2.23. The van der Waals surface area contributed by atoms with E-state index in [2.05, 4.69) is 5.32 Å². The number of anilines is 1. The minimum Gasteiger partial charge on any atom is -0.474 e. The lowest BCUT2D eigenvalue weighted by atomic mass is 10.3. The molecule has 0 fully saturated rings. The van der Waals surface area contributed by atoms with Crippen molar-refractivity contribution in [3.63, 3.8) is 0 Å². The highest BCUT2D eigenvalue weighted by Crippen LogP contribution is 2.18. The molecular formula is C17H30FN3O2. The summed E-state index contributed by atoms with van der Waals surface area (Å²) in [6, 6.07) is 6.65. The highest BCUT2D eigenvalue weighted by atomic mass is 19.1. The molecule has 0 saturated carbocycles. The van der Waals surface area contributed by atoms with Crippen LogP contribution in [0.1, 0.15) is 27.7 Å². The summed E-state index contributed by atoms with van der Waals surface area (Å²) in [6.45, 7) is 9.00. The number of aliphatic hydroxyl groups is 1. The highest BCUT2D eigenvalue weighted by molar-refractivity contribution is 5.43. The number of rotatable bonds is 3. The maximum Gasteiger partial charge on any atom is 0.196 e. The number of para-hydroxylation sites is 1. The molecule has 0 aromatic heterocycles. The number of likely N-dealkylation sites (N-methyl/N-ethyl adjacent to an activating group) is 1. The third-order valence-electron chi connectivity index (χ3n) is 2.97. The van der Waals surface area contributed by atoms with Crippen molar-refractivity contribution >= 4 is 5.69 Å². The van der Waals surface area contributed by atoms with E-state index in [1.165, 1.54) is 6.07 Å². The molecule has 23 heavy (non-hydrogen) atoms. The number of aliphatic hydroxyl groups excluding tert-OH is 1. The zero-order valence-corrected chi connectivity index (χ0v) is 14.7. The molecular weight excluding hydrogens is 297 g/mol. The second-order valence-corrected chi connectivity index (χ2v) is 5.06. The van der Waals surface area contributed by atoms with Crippen molar-refractivity contribution in [1.82, 2.24) is 4.90 Å². The smallest absolute Gasteiger partial charge is 0.196 e. The summed E-state index contributed by atoms with van der Waals surface area (Å²) in [5, 5.41) is 12.0. The Hall–Kier alpha value is -1.79. The zero-order chi connectivity index (χ0) is 17.8. The van der Waals surface area contributed by atoms with Crippen LogP contribution >= 0.6 is 0 Å². The van der Waals surface area contributed by atoms with Gasteiger partial charge in [0, 0.05) is 19.3 Å². The molecule has 5 nitrogen and oxygen atoms in total. The Kier molecular flexibility index (Phi) is 10.8. The number of ether oxygens (including phenoxy) is 1. The number of allylic oxidation sites excluding steroid dienone is 1. The predicted molar refractivity (Wildman–Crippen MR) is 93.4 cm³/mol. The van der Waals surface area contributed by atoms with Gasteiger partial charge in [-0.15, -0.1) is 0 Å². The lowest BCUT2D eigenvalue weighted by molar-refractivity contribution is -0.0326. The molecule has 0 radical (unpaired) electrons. The van der Waals surface area contributed by atoms with Crippen molar-refractivity contribution in [2.24, 2.45) is 5.73 Å². The van der Waals surface area contributed by atoms with E-state index in [9.17, 15) is 4.39 Å². The van der Waals surface area contributed by atoms with Gasteiger partial charge in [0.15, 0.2) is 6.23 Å². The van der Waals surface area contributed by atoms with Gasteiger partial charge < -0.3 is 25.8 Å². The summed E-state index contributed by atoms with van der Waals surface area (Å²) in [5.41, 5.74) is 6.47. The Bertz CT molecular complexity index is 467. The van der Waals surface area contributed by atoms with Crippen LogP contribution in [0.15, 0.2) is 36.2 Å². The average molecular weight is 327 g/mol. The van der Waals surface area contributed by atoms with Gasteiger partial charge in [-0.1, -0.05) is 19.1 Å². The second kappa shape index (κ2) is 11.7. The Balaban J connectivity index is 0.000000360. The van der Waals surface area contributed by atoms with E-state index < -0.39 is 6.10 Å². The van der Waals surface area contributed by atoms with Crippen LogP contribution in [0, 0.1) is 5.82 Å². The van der Waals surface area contributed by atoms with Crippen LogP contribution in [-0.2, 0) is 4.74 Å². The van der Waals surface area contributed by atoms with Gasteiger partial charge in [0.1, 0.15) is 18.2 Å². The lowest BCUT2D eigenvalue weighted by Crippen LogP contribution is -2.35. The maximum atomic E-state index is 12.7. The Morgan fingerprint density at radius 3 is 2.30 bits per heavy atom. The quantitative estimate of drug-likeness (QED) is 0.796. The summed E-state index contributed by atoms with van der Waals surface area (Å²) < 4.78 is 17.9. The predicted octanol–water partition coefficient (Wildman–Crippen LogP) is 2.74. The van der Waals surface area contributed by atoms with Crippen molar-refractivity contribution in [3.8, 4) is 0 Å². The molecule has 1 aliphatic rings. The summed E-state index contributed by atoms with van der Waals surface area (Å²) in [6.07, 6.45) is 1.02. The molecule has 1 aromatic carbocycles. The number of nitrogens with two attached hydrogens (primary N) is 1. The van der Waals surface area contributed by atoms with Crippen molar-refractivity contribution in [2.45, 2.75) is 40.0 Å². The van der Waals surface area contributed by atoms with Crippen molar-refractivity contribution in [1.29, 1.82) is 0 Å². The first-order valence-electron chi connectivity index (χ1n) is 7.80. The summed E-state index contributed by atoms with van der Waals surface area (Å²) in [7, 11) is 1.90. The van der Waals surface area contributed by atoms with E-state index in [-0.39, 0.29) is 12.0 Å². The van der Waals surface area contributed by atoms with Crippen LogP contribution in [-0.4, -0.2) is 42.5 Å². The van der Waals surface area contributed by atoms with Gasteiger partial charge in [-0.3, -0.25) is 0 Å². The van der Waals surface area contributed by atoms with Crippen LogP contribution in [0.4, 0.5) is 10.1 Å². The first-order valence-corrected chi connectivity index (χ1v) is 7.80. The zero-order valence-electron chi connectivity index (χ0n) is 14.7. The molecule has 4 N–H and O–H groups in total. The molecule has 0 amide bonds. The monoisotopic (exact) mass is 327 g/mol. The first-order chi connectivity index (χ1) is 10.9. The van der Waals surface area contributed by atoms with E-state index in [0.29, 0.717) is 5.69 Å². The van der Waals surface area contributed by atoms with Crippen LogP contribution in [0.3, 0.4) is 0 Å². The maximum absolute atomic E-state index is 12.7. The normalized spacial score (nSPS) is 17.0. The first kappa shape index (κ1) is 21.2. The molecule has 2 unspecified atom stereocenters. The number of hydrogen-bond donors (Lipinski definition) is 3. The fourth-order valence-corrected chi connectivity index (χ4v) is 1.78. The van der Waals surface area contributed by atoms with Gasteiger partial charge in [0.25, 0.3) is 0 Å². The molecule has 1 aliphatic heterocycles. The minimum atomic E-state index is -0.446. The second-order valence-electron chi connectivity index (χ2n) is 5.06. The van der Waals surface area contributed by atoms with Crippen molar-refractivity contribution < 1.29 is 14.2 Å². The standard InChI is InChI=1S/C8H10FN.C7H13NO2.C2H7N/c1-2-10-8-6-4-3-5-7(8)9;1-5-4-10-7(6(2)9)8(5)3;1-2-3/h3-6,10H,2H2,1H3;4,6-7,9H,1-3H3;2-3H2,1H3. The van der Waals surface area contributed by atoms with Crippen molar-refractivity contribution in [3.05, 3.63) is 42.0 Å². The minimum absolute atomic E-state index is 0.190. The van der Waals surface area contributed by atoms with Crippen LogP contribution in [0.25, 0.3) is 0 Å². The van der Waals surface area contributed by atoms with Gasteiger partial charge in [0.2, 0.25) is 0 Å². The molecule has 1 heterocycles. The van der Waals surface area contributed by atoms with Gasteiger partial charge in [-0.05, 0) is 39.4 Å². The van der Waals surface area contributed by atoms with Crippen LogP contribution in [0.2, 0.25) is 0 Å². The van der Waals surface area contributed by atoms with E-state index >= 15 is 0 Å². The Morgan fingerprint density at radius 1 is 1.39 bits per heavy atom. The van der Waals surface area contributed by atoms with E-state index in [1.54, 1.807) is 31.4 Å². The van der Waals surface area contributed by atoms with Crippen molar-refractivity contribution in [2.75, 3.05) is 25.5 Å². The number of halogens is 1. The van der Waals surface area contributed by atoms with Gasteiger partial charge >= 0.3 is 0 Å². The van der Waals surface area contributed by atoms with Gasteiger partial charge in [-0.25, -0.2) is 4.39 Å². The van der Waals surface area contributed by atoms with E-state index in [1.807, 2.05) is 32.7 Å². The van der Waals surface area contributed by atoms with Gasteiger partial charge in [0.05, 0.1) is 5.69 Å². The molecule has 0 bridgehead atoms. The fourth-order valence-electron chi connectivity index (χ4n) is 1.78. The molecule has 132 valence electrons. The average Bonchev–Trinajstić information content (AvgIpc) is 2.83. The van der Waals surface area contributed by atoms with Gasteiger partial charge in [-0.2, -0.15) is 0 Å². The third-order valence-corrected chi connectivity index (χ3v) is 2.97. The summed E-state index contributed by atoms with van der Waals surface area (Å²) in [4.78, 5) is 1.91. The fraction of sp³-hybridized carbons (Fsp3) is 0.529. The summed E-state index contributed by atoms with van der Waals surface area (Å²) in [5.74, 6) is -0.190. The number of nitrogens with zero attached hydrogens (tertiary/aromatic N) is 1. The van der Waals surface area contributed by atoms with Crippen LogP contribution in [0.5, 0.6) is 0 Å². The topological polar surface area (TPSA) is 70.8 Å². The molecule has 0 spiro atoms. The number of nitrogens with one attached hydrogen (secondary N) is 1. The molecule has 6 heteroatoms. The number of benzene rings is 1. The molecule has 1 aromatic rings. The highest BCUT2D eigenvalue weighted by Gasteiger charge is 2.25. The Morgan fingerprint density at radius 2 is 1.96 bits per heavy atom.